The normalized spacial score (nSPS) is 29.6. The third-order valence-electron chi connectivity index (χ3n) is 3.59. The molecular weight excluding hydrogens is 216 g/mol. The van der Waals surface area contributed by atoms with E-state index in [0.29, 0.717) is 12.0 Å². The van der Waals surface area contributed by atoms with Crippen molar-refractivity contribution in [1.82, 2.24) is 4.90 Å². The summed E-state index contributed by atoms with van der Waals surface area (Å²) < 4.78 is 0. The molecule has 3 heteroatoms. The van der Waals surface area contributed by atoms with Gasteiger partial charge in [0, 0.05) is 35.7 Å². The van der Waals surface area contributed by atoms with Gasteiger partial charge in [0.2, 0.25) is 0 Å². The van der Waals surface area contributed by atoms with Gasteiger partial charge in [0.05, 0.1) is 0 Å². The van der Waals surface area contributed by atoms with Crippen molar-refractivity contribution < 1.29 is 0 Å². The Morgan fingerprint density at radius 2 is 2.25 bits per heavy atom. The number of nitrogens with two attached hydrogens (primary N) is 1. The van der Waals surface area contributed by atoms with Crippen LogP contribution in [-0.2, 0) is 0 Å². The fourth-order valence-electron chi connectivity index (χ4n) is 2.72. The zero-order valence-corrected chi connectivity index (χ0v) is 10.2. The summed E-state index contributed by atoms with van der Waals surface area (Å²) >= 11 is 2.00. The monoisotopic (exact) mass is 234 g/mol. The third-order valence-corrected chi connectivity index (χ3v) is 4.84. The molecule has 2 aliphatic rings. The molecule has 1 saturated heterocycles. The van der Waals surface area contributed by atoms with Crippen LogP contribution in [0.4, 0.5) is 0 Å². The number of hydrogen-bond donors (Lipinski definition) is 1. The van der Waals surface area contributed by atoms with E-state index < -0.39 is 0 Å². The highest BCUT2D eigenvalue weighted by Crippen LogP contribution is 2.39. The van der Waals surface area contributed by atoms with Gasteiger partial charge in [-0.05, 0) is 24.6 Å². The van der Waals surface area contributed by atoms with Gasteiger partial charge < -0.3 is 10.6 Å². The van der Waals surface area contributed by atoms with Gasteiger partial charge in [0.15, 0.2) is 0 Å². The number of fused-ring (bicyclic) bond motifs is 1. The maximum atomic E-state index is 5.95. The van der Waals surface area contributed by atoms with E-state index in [1.165, 1.54) is 30.2 Å². The Bertz CT molecular complexity index is 380. The predicted molar refractivity (Wildman–Crippen MR) is 68.9 cm³/mol. The van der Waals surface area contributed by atoms with E-state index in [9.17, 15) is 0 Å². The lowest BCUT2D eigenvalue weighted by Crippen LogP contribution is -2.30. The lowest BCUT2D eigenvalue weighted by atomic mass is 10.0. The van der Waals surface area contributed by atoms with E-state index in [4.69, 9.17) is 5.73 Å². The Hall–Kier alpha value is -0.510. The van der Waals surface area contributed by atoms with Crippen molar-refractivity contribution in [3.05, 3.63) is 29.8 Å². The van der Waals surface area contributed by atoms with Crippen LogP contribution in [-0.4, -0.2) is 36.3 Å². The van der Waals surface area contributed by atoms with Crippen LogP contribution in [0.2, 0.25) is 0 Å². The molecule has 0 aromatic heterocycles. The first-order valence-corrected chi connectivity index (χ1v) is 7.01. The van der Waals surface area contributed by atoms with Crippen molar-refractivity contribution >= 4 is 11.8 Å². The van der Waals surface area contributed by atoms with Crippen LogP contribution in [0, 0.1) is 0 Å². The zero-order chi connectivity index (χ0) is 11.0. The summed E-state index contributed by atoms with van der Waals surface area (Å²) in [5.74, 6) is 1.96. The average Bonchev–Trinajstić information content (AvgIpc) is 2.87. The van der Waals surface area contributed by atoms with Gasteiger partial charge in [-0.25, -0.2) is 0 Å². The van der Waals surface area contributed by atoms with Crippen LogP contribution >= 0.6 is 11.8 Å². The fourth-order valence-corrected chi connectivity index (χ4v) is 3.96. The first-order valence-electron chi connectivity index (χ1n) is 6.02. The molecule has 2 atom stereocenters. The van der Waals surface area contributed by atoms with Crippen LogP contribution < -0.4 is 5.73 Å². The van der Waals surface area contributed by atoms with E-state index in [-0.39, 0.29) is 0 Å². The molecule has 1 aromatic carbocycles. The molecule has 2 N–H and O–H groups in total. The average molecular weight is 234 g/mol. The predicted octanol–water partition coefficient (Wildman–Crippen LogP) is 1.91. The molecule has 0 aliphatic carbocycles. The molecule has 1 unspecified atom stereocenters. The van der Waals surface area contributed by atoms with Crippen molar-refractivity contribution in [3.63, 3.8) is 0 Å². The Morgan fingerprint density at radius 3 is 3.06 bits per heavy atom. The summed E-state index contributed by atoms with van der Waals surface area (Å²) in [5, 5.41) is 0. The summed E-state index contributed by atoms with van der Waals surface area (Å²) in [6.07, 6.45) is 1.17. The Morgan fingerprint density at radius 1 is 1.38 bits per heavy atom. The van der Waals surface area contributed by atoms with Crippen LogP contribution in [0.1, 0.15) is 17.9 Å². The number of hydrogen-bond acceptors (Lipinski definition) is 3. The minimum atomic E-state index is 0.407. The van der Waals surface area contributed by atoms with E-state index in [2.05, 4.69) is 29.2 Å². The number of rotatable bonds is 2. The minimum absolute atomic E-state index is 0.407. The Labute approximate surface area is 101 Å². The van der Waals surface area contributed by atoms with Gasteiger partial charge in [-0.3, -0.25) is 0 Å². The van der Waals surface area contributed by atoms with E-state index in [1.54, 1.807) is 5.56 Å². The van der Waals surface area contributed by atoms with Crippen molar-refractivity contribution in [2.75, 3.05) is 25.4 Å². The highest BCUT2D eigenvalue weighted by atomic mass is 32.2. The summed E-state index contributed by atoms with van der Waals surface area (Å²) in [4.78, 5) is 4.01. The standard InChI is InChI=1S/C13H18N2S/c14-11-5-6-15(8-11)7-10-9-16-13-4-2-1-3-12(10)13/h1-4,10-11H,5-9,14H2/t10?,11-/m1/s1. The second-order valence-electron chi connectivity index (χ2n) is 4.85. The van der Waals surface area contributed by atoms with Crippen LogP contribution in [0.5, 0.6) is 0 Å². The number of thioether (sulfide) groups is 1. The van der Waals surface area contributed by atoms with Crippen molar-refractivity contribution in [2.45, 2.75) is 23.3 Å². The van der Waals surface area contributed by atoms with Crippen molar-refractivity contribution in [3.8, 4) is 0 Å². The topological polar surface area (TPSA) is 29.3 Å². The molecule has 16 heavy (non-hydrogen) atoms. The van der Waals surface area contributed by atoms with Gasteiger partial charge >= 0.3 is 0 Å². The Balaban J connectivity index is 1.69. The number of nitrogens with zero attached hydrogens (tertiary/aromatic N) is 1. The van der Waals surface area contributed by atoms with Gasteiger partial charge in [-0.2, -0.15) is 0 Å². The molecular formula is C13H18N2S. The highest BCUT2D eigenvalue weighted by molar-refractivity contribution is 7.99. The van der Waals surface area contributed by atoms with Gasteiger partial charge in [-0.1, -0.05) is 18.2 Å². The van der Waals surface area contributed by atoms with E-state index in [1.807, 2.05) is 11.8 Å². The van der Waals surface area contributed by atoms with Gasteiger partial charge in [0.1, 0.15) is 0 Å². The molecule has 1 aromatic rings. The van der Waals surface area contributed by atoms with E-state index >= 15 is 0 Å². The summed E-state index contributed by atoms with van der Waals surface area (Å²) in [6, 6.07) is 9.24. The van der Waals surface area contributed by atoms with Crippen LogP contribution in [0.3, 0.4) is 0 Å². The maximum Gasteiger partial charge on any atom is 0.0180 e. The second kappa shape index (κ2) is 4.40. The summed E-state index contributed by atoms with van der Waals surface area (Å²) in [5.41, 5.74) is 7.50. The molecule has 2 nitrogen and oxygen atoms in total. The lowest BCUT2D eigenvalue weighted by molar-refractivity contribution is 0.318. The second-order valence-corrected chi connectivity index (χ2v) is 5.92. The molecule has 0 radical (unpaired) electrons. The third kappa shape index (κ3) is 1.99. The number of benzene rings is 1. The van der Waals surface area contributed by atoms with Crippen LogP contribution in [0.15, 0.2) is 29.2 Å². The summed E-state index contributed by atoms with van der Waals surface area (Å²) in [7, 11) is 0. The number of likely N-dealkylation sites (tertiary alicyclic amines) is 1. The minimum Gasteiger partial charge on any atom is -0.326 e. The molecule has 2 heterocycles. The molecule has 2 aliphatic heterocycles. The maximum absolute atomic E-state index is 5.95. The van der Waals surface area contributed by atoms with Gasteiger partial charge in [-0.15, -0.1) is 11.8 Å². The molecule has 0 spiro atoms. The quantitative estimate of drug-likeness (QED) is 0.847. The van der Waals surface area contributed by atoms with Crippen molar-refractivity contribution in [1.29, 1.82) is 0 Å². The smallest absolute Gasteiger partial charge is 0.0180 e. The van der Waals surface area contributed by atoms with E-state index in [0.717, 1.165) is 6.54 Å². The van der Waals surface area contributed by atoms with Crippen LogP contribution in [0.25, 0.3) is 0 Å². The molecule has 1 fully saturated rings. The fraction of sp³-hybridized carbons (Fsp3) is 0.538. The highest BCUT2D eigenvalue weighted by Gasteiger charge is 2.27. The molecule has 0 bridgehead atoms. The van der Waals surface area contributed by atoms with Gasteiger partial charge in [0.25, 0.3) is 0 Å². The first-order chi connectivity index (χ1) is 7.83. The summed E-state index contributed by atoms with van der Waals surface area (Å²) in [6.45, 7) is 3.46. The lowest BCUT2D eigenvalue weighted by Gasteiger charge is -2.20. The molecule has 3 rings (SSSR count). The molecule has 86 valence electrons. The largest absolute Gasteiger partial charge is 0.326 e. The van der Waals surface area contributed by atoms with Crippen molar-refractivity contribution in [2.24, 2.45) is 5.73 Å². The first kappa shape index (κ1) is 10.6. The Kier molecular flexibility index (Phi) is 2.92. The zero-order valence-electron chi connectivity index (χ0n) is 9.43. The SMILES string of the molecule is N[C@@H]1CCN(CC2CSc3ccccc32)C1. The molecule has 0 amide bonds. The molecule has 0 saturated carbocycles.